The zero-order valence-electron chi connectivity index (χ0n) is 6.88. The molecule has 0 aliphatic rings. The van der Waals surface area contributed by atoms with E-state index in [-0.39, 0.29) is 11.7 Å². The first-order valence-electron chi connectivity index (χ1n) is 3.98. The van der Waals surface area contributed by atoms with Gasteiger partial charge in [-0.1, -0.05) is 12.1 Å². The van der Waals surface area contributed by atoms with Crippen molar-refractivity contribution in [2.75, 3.05) is 5.88 Å². The Morgan fingerprint density at radius 2 is 2.23 bits per heavy atom. The third-order valence-corrected chi connectivity index (χ3v) is 2.25. The van der Waals surface area contributed by atoms with Gasteiger partial charge in [0.05, 0.1) is 11.4 Å². The molecule has 2 aromatic rings. The predicted octanol–water partition coefficient (Wildman–Crippen LogP) is 2.59. The van der Waals surface area contributed by atoms with Crippen LogP contribution < -0.4 is 0 Å². The average Bonchev–Trinajstić information content (AvgIpc) is 2.63. The minimum Gasteiger partial charge on any atom is -0.361 e. The van der Waals surface area contributed by atoms with Gasteiger partial charge in [-0.05, 0) is 12.1 Å². The summed E-state index contributed by atoms with van der Waals surface area (Å²) in [5, 5.41) is 1.04. The summed E-state index contributed by atoms with van der Waals surface area (Å²) in [7, 11) is 0. The fourth-order valence-corrected chi connectivity index (χ4v) is 1.53. The van der Waals surface area contributed by atoms with Crippen molar-refractivity contribution in [3.8, 4) is 0 Å². The molecule has 0 saturated heterocycles. The summed E-state index contributed by atoms with van der Waals surface area (Å²) in [5.41, 5.74) is 1.53. The van der Waals surface area contributed by atoms with Crippen LogP contribution in [0, 0.1) is 0 Å². The number of fused-ring (bicyclic) bond motifs is 1. The quantitative estimate of drug-likeness (QED) is 0.577. The lowest BCUT2D eigenvalue weighted by atomic mass is 10.1. The van der Waals surface area contributed by atoms with E-state index in [1.807, 2.05) is 24.4 Å². The number of carbonyl (C=O) groups is 1. The molecule has 0 bridgehead atoms. The number of ketones is 1. The molecule has 0 spiro atoms. The minimum atomic E-state index is -0.0466. The fourth-order valence-electron chi connectivity index (χ4n) is 1.39. The number of para-hydroxylation sites is 1. The van der Waals surface area contributed by atoms with Crippen molar-refractivity contribution in [1.29, 1.82) is 0 Å². The Bertz CT molecular complexity index is 447. The number of hydrogen-bond acceptors (Lipinski definition) is 1. The van der Waals surface area contributed by atoms with Crippen molar-refractivity contribution in [3.05, 3.63) is 36.0 Å². The van der Waals surface area contributed by atoms with E-state index in [2.05, 4.69) is 4.98 Å². The highest BCUT2D eigenvalue weighted by atomic mass is 35.5. The second-order valence-electron chi connectivity index (χ2n) is 2.80. The number of rotatable bonds is 2. The van der Waals surface area contributed by atoms with Gasteiger partial charge < -0.3 is 4.98 Å². The number of halogens is 1. The maximum atomic E-state index is 11.4. The molecule has 66 valence electrons. The molecule has 2 nitrogen and oxygen atoms in total. The van der Waals surface area contributed by atoms with E-state index < -0.39 is 0 Å². The number of benzene rings is 1. The molecule has 3 heteroatoms. The molecular formula is C10H8ClNO. The lowest BCUT2D eigenvalue weighted by Crippen LogP contribution is -2.00. The van der Waals surface area contributed by atoms with E-state index in [1.165, 1.54) is 0 Å². The van der Waals surface area contributed by atoms with Gasteiger partial charge in [-0.2, -0.15) is 0 Å². The molecule has 0 saturated carbocycles. The average molecular weight is 194 g/mol. The second-order valence-corrected chi connectivity index (χ2v) is 3.07. The third kappa shape index (κ3) is 1.33. The van der Waals surface area contributed by atoms with Gasteiger partial charge in [0, 0.05) is 17.1 Å². The van der Waals surface area contributed by atoms with Crippen molar-refractivity contribution in [2.24, 2.45) is 0 Å². The highest BCUT2D eigenvalue weighted by Gasteiger charge is 2.08. The molecule has 1 aromatic carbocycles. The van der Waals surface area contributed by atoms with E-state index in [1.54, 1.807) is 6.07 Å². The molecule has 0 amide bonds. The second kappa shape index (κ2) is 3.23. The molecule has 0 aliphatic carbocycles. The summed E-state index contributed by atoms with van der Waals surface area (Å²) < 4.78 is 0. The van der Waals surface area contributed by atoms with Gasteiger partial charge in [-0.25, -0.2) is 0 Å². The zero-order valence-corrected chi connectivity index (χ0v) is 7.64. The molecule has 13 heavy (non-hydrogen) atoms. The number of Topliss-reactive ketones (excluding diaryl/α,β-unsaturated/α-hetero) is 1. The topological polar surface area (TPSA) is 32.9 Å². The number of alkyl halides is 1. The Balaban J connectivity index is 2.67. The Hall–Kier alpha value is -1.28. The molecule has 2 rings (SSSR count). The lowest BCUT2D eigenvalue weighted by Gasteiger charge is -1.98. The van der Waals surface area contributed by atoms with Crippen LogP contribution in [0.3, 0.4) is 0 Å². The maximum Gasteiger partial charge on any atom is 0.179 e. The molecule has 0 aliphatic heterocycles. The van der Waals surface area contributed by atoms with Gasteiger partial charge in [-0.15, -0.1) is 11.6 Å². The summed E-state index contributed by atoms with van der Waals surface area (Å²) in [6.45, 7) is 0. The molecule has 0 radical (unpaired) electrons. The van der Waals surface area contributed by atoms with Gasteiger partial charge in [0.2, 0.25) is 0 Å². The molecule has 0 atom stereocenters. The summed E-state index contributed by atoms with van der Waals surface area (Å²) >= 11 is 5.49. The number of hydrogen-bond donors (Lipinski definition) is 1. The normalized spacial score (nSPS) is 10.5. The number of aromatic amines is 1. The summed E-state index contributed by atoms with van der Waals surface area (Å²) in [6, 6.07) is 7.52. The smallest absolute Gasteiger partial charge is 0.179 e. The SMILES string of the molecule is O=C(CCl)c1cccc2cc[nH]c12. The number of H-pyrrole nitrogens is 1. The first kappa shape index (κ1) is 8.32. The van der Waals surface area contributed by atoms with Gasteiger partial charge >= 0.3 is 0 Å². The molecular weight excluding hydrogens is 186 g/mol. The number of nitrogens with one attached hydrogen (secondary N) is 1. The van der Waals surface area contributed by atoms with E-state index >= 15 is 0 Å². The lowest BCUT2D eigenvalue weighted by molar-refractivity contribution is 0.102. The largest absolute Gasteiger partial charge is 0.361 e. The molecule has 0 unspecified atom stereocenters. The van der Waals surface area contributed by atoms with Gasteiger partial charge in [-0.3, -0.25) is 4.79 Å². The first-order chi connectivity index (χ1) is 6.33. The van der Waals surface area contributed by atoms with E-state index in [4.69, 9.17) is 11.6 Å². The van der Waals surface area contributed by atoms with Crippen LogP contribution in [0.25, 0.3) is 10.9 Å². The third-order valence-electron chi connectivity index (χ3n) is 2.01. The van der Waals surface area contributed by atoms with Crippen LogP contribution in [0.2, 0.25) is 0 Å². The van der Waals surface area contributed by atoms with Crippen LogP contribution >= 0.6 is 11.6 Å². The van der Waals surface area contributed by atoms with Gasteiger partial charge in [0.25, 0.3) is 0 Å². The Kier molecular flexibility index (Phi) is 2.07. The van der Waals surface area contributed by atoms with Crippen molar-refractivity contribution in [3.63, 3.8) is 0 Å². The molecule has 1 aromatic heterocycles. The highest BCUT2D eigenvalue weighted by Crippen LogP contribution is 2.17. The monoisotopic (exact) mass is 193 g/mol. The van der Waals surface area contributed by atoms with Crippen molar-refractivity contribution < 1.29 is 4.79 Å². The maximum absolute atomic E-state index is 11.4. The van der Waals surface area contributed by atoms with E-state index in [0.29, 0.717) is 5.56 Å². The predicted molar refractivity (Wildman–Crippen MR) is 53.3 cm³/mol. The highest BCUT2D eigenvalue weighted by molar-refractivity contribution is 6.31. The van der Waals surface area contributed by atoms with Crippen LogP contribution in [0.1, 0.15) is 10.4 Å². The van der Waals surface area contributed by atoms with Crippen molar-refractivity contribution in [2.45, 2.75) is 0 Å². The summed E-state index contributed by atoms with van der Waals surface area (Å²) in [4.78, 5) is 14.4. The minimum absolute atomic E-state index is 0.0259. The van der Waals surface area contributed by atoms with Crippen molar-refractivity contribution in [1.82, 2.24) is 4.98 Å². The number of carbonyl (C=O) groups excluding carboxylic acids is 1. The van der Waals surface area contributed by atoms with E-state index in [0.717, 1.165) is 10.9 Å². The summed E-state index contributed by atoms with van der Waals surface area (Å²) in [5.74, 6) is -0.0206. The molecule has 1 heterocycles. The molecule has 1 N–H and O–H groups in total. The van der Waals surface area contributed by atoms with Crippen LogP contribution in [0.15, 0.2) is 30.5 Å². The fraction of sp³-hybridized carbons (Fsp3) is 0.100. The zero-order chi connectivity index (χ0) is 9.26. The Labute approximate surface area is 80.5 Å². The van der Waals surface area contributed by atoms with E-state index in [9.17, 15) is 4.79 Å². The Morgan fingerprint density at radius 1 is 1.38 bits per heavy atom. The van der Waals surface area contributed by atoms with Crippen LogP contribution in [0.5, 0.6) is 0 Å². The first-order valence-corrected chi connectivity index (χ1v) is 4.51. The van der Waals surface area contributed by atoms with Gasteiger partial charge in [0.1, 0.15) is 0 Å². The van der Waals surface area contributed by atoms with Gasteiger partial charge in [0.15, 0.2) is 5.78 Å². The molecule has 0 fully saturated rings. The van der Waals surface area contributed by atoms with Crippen LogP contribution in [0.4, 0.5) is 0 Å². The number of aromatic nitrogens is 1. The standard InChI is InChI=1S/C10H8ClNO/c11-6-9(13)8-3-1-2-7-4-5-12-10(7)8/h1-5,12H,6H2. The Morgan fingerprint density at radius 3 is 3.00 bits per heavy atom. The summed E-state index contributed by atoms with van der Waals surface area (Å²) in [6.07, 6.45) is 1.82. The van der Waals surface area contributed by atoms with Crippen LogP contribution in [-0.2, 0) is 0 Å². The van der Waals surface area contributed by atoms with Crippen molar-refractivity contribution >= 4 is 28.3 Å². The van der Waals surface area contributed by atoms with Crippen LogP contribution in [-0.4, -0.2) is 16.6 Å².